The Labute approximate surface area is 174 Å². The molecule has 3 fully saturated rings. The van der Waals surface area contributed by atoms with Crippen LogP contribution in [0.15, 0.2) is 24.3 Å². The molecule has 0 atom stereocenters. The number of nitrogens with one attached hydrogen (secondary N) is 2. The van der Waals surface area contributed by atoms with Crippen molar-refractivity contribution in [2.45, 2.75) is 63.8 Å². The van der Waals surface area contributed by atoms with Gasteiger partial charge in [0.25, 0.3) is 0 Å². The summed E-state index contributed by atoms with van der Waals surface area (Å²) in [4.78, 5) is 29.3. The molecular formula is C23H34N4O2. The first-order chi connectivity index (χ1) is 14.2. The number of carbonyl (C=O) groups excluding carboxylic acids is 2. The summed E-state index contributed by atoms with van der Waals surface area (Å²) in [5.74, 6) is 0.430. The highest BCUT2D eigenvalue weighted by atomic mass is 16.2. The van der Waals surface area contributed by atoms with Crippen LogP contribution in [0.3, 0.4) is 0 Å². The molecule has 29 heavy (non-hydrogen) atoms. The van der Waals surface area contributed by atoms with Crippen molar-refractivity contribution in [2.75, 3.05) is 36.4 Å². The first-order valence-electron chi connectivity index (χ1n) is 11.4. The van der Waals surface area contributed by atoms with Crippen molar-refractivity contribution in [3.05, 3.63) is 24.3 Å². The molecule has 0 spiro atoms. The minimum atomic E-state index is -0.0454. The quantitative estimate of drug-likeness (QED) is 0.806. The van der Waals surface area contributed by atoms with Crippen LogP contribution < -0.4 is 15.5 Å². The van der Waals surface area contributed by atoms with Gasteiger partial charge in [-0.1, -0.05) is 19.3 Å². The molecule has 1 aromatic rings. The lowest BCUT2D eigenvalue weighted by atomic mass is 9.88. The predicted octanol–water partition coefficient (Wildman–Crippen LogP) is 3.98. The van der Waals surface area contributed by atoms with Gasteiger partial charge in [-0.15, -0.1) is 0 Å². The van der Waals surface area contributed by atoms with E-state index in [0.717, 1.165) is 44.5 Å². The van der Waals surface area contributed by atoms with E-state index in [1.165, 1.54) is 37.8 Å². The summed E-state index contributed by atoms with van der Waals surface area (Å²) < 4.78 is 0. The van der Waals surface area contributed by atoms with Gasteiger partial charge in [-0.05, 0) is 62.8 Å². The third-order valence-electron chi connectivity index (χ3n) is 6.69. The van der Waals surface area contributed by atoms with Crippen LogP contribution in [0.1, 0.15) is 57.8 Å². The molecule has 0 unspecified atom stereocenters. The maximum absolute atomic E-state index is 12.6. The van der Waals surface area contributed by atoms with E-state index in [1.54, 1.807) is 0 Å². The molecule has 3 aliphatic rings. The Hall–Kier alpha value is -2.24. The number of amides is 3. The number of nitrogens with zero attached hydrogens (tertiary/aromatic N) is 2. The second-order valence-electron chi connectivity index (χ2n) is 8.78. The average Bonchev–Trinajstić information content (AvgIpc) is 3.30. The van der Waals surface area contributed by atoms with Crippen LogP contribution in [0.2, 0.25) is 0 Å². The zero-order valence-electron chi connectivity index (χ0n) is 17.4. The third-order valence-corrected chi connectivity index (χ3v) is 6.69. The summed E-state index contributed by atoms with van der Waals surface area (Å²) in [7, 11) is 0. The normalized spacial score (nSPS) is 21.2. The van der Waals surface area contributed by atoms with E-state index < -0.39 is 0 Å². The van der Waals surface area contributed by atoms with Crippen molar-refractivity contribution in [1.82, 2.24) is 10.2 Å². The molecule has 3 amide bonds. The molecule has 0 aromatic heterocycles. The van der Waals surface area contributed by atoms with Crippen LogP contribution in [-0.4, -0.2) is 49.1 Å². The summed E-state index contributed by atoms with van der Waals surface area (Å²) >= 11 is 0. The van der Waals surface area contributed by atoms with E-state index in [1.807, 2.05) is 17.0 Å². The van der Waals surface area contributed by atoms with E-state index in [4.69, 9.17) is 0 Å². The molecule has 6 heteroatoms. The van der Waals surface area contributed by atoms with Crippen LogP contribution in [0.4, 0.5) is 16.2 Å². The van der Waals surface area contributed by atoms with Gasteiger partial charge in [-0.2, -0.15) is 0 Å². The smallest absolute Gasteiger partial charge is 0.321 e. The van der Waals surface area contributed by atoms with Gasteiger partial charge in [-0.3, -0.25) is 4.79 Å². The van der Waals surface area contributed by atoms with Crippen LogP contribution in [0.25, 0.3) is 0 Å². The topological polar surface area (TPSA) is 64.7 Å². The molecule has 2 saturated heterocycles. The molecule has 2 aliphatic heterocycles. The number of benzene rings is 1. The monoisotopic (exact) mass is 398 g/mol. The maximum Gasteiger partial charge on any atom is 0.321 e. The van der Waals surface area contributed by atoms with Gasteiger partial charge in [0, 0.05) is 49.5 Å². The lowest BCUT2D eigenvalue weighted by Crippen LogP contribution is -2.49. The minimum Gasteiger partial charge on any atom is -0.372 e. The summed E-state index contributed by atoms with van der Waals surface area (Å²) in [6, 6.07) is 8.32. The van der Waals surface area contributed by atoms with Crippen molar-refractivity contribution in [1.29, 1.82) is 0 Å². The highest BCUT2D eigenvalue weighted by Gasteiger charge is 2.27. The van der Waals surface area contributed by atoms with E-state index >= 15 is 0 Å². The van der Waals surface area contributed by atoms with Crippen molar-refractivity contribution >= 4 is 23.3 Å². The van der Waals surface area contributed by atoms with E-state index in [2.05, 4.69) is 27.7 Å². The number of likely N-dealkylation sites (tertiary alicyclic amines) is 1. The van der Waals surface area contributed by atoms with Gasteiger partial charge in [0.2, 0.25) is 5.91 Å². The summed E-state index contributed by atoms with van der Waals surface area (Å²) in [6.45, 7) is 3.62. The number of urea groups is 1. The van der Waals surface area contributed by atoms with Gasteiger partial charge in [-0.25, -0.2) is 4.79 Å². The van der Waals surface area contributed by atoms with Crippen LogP contribution in [0, 0.1) is 5.92 Å². The second-order valence-corrected chi connectivity index (χ2v) is 8.78. The van der Waals surface area contributed by atoms with Gasteiger partial charge in [0.1, 0.15) is 0 Å². The standard InChI is InChI=1S/C23H34N4O2/c28-22(18-6-2-1-3-7-18)24-20-12-16-27(17-13-20)23(29)25-19-8-10-21(11-9-19)26-14-4-5-15-26/h8-11,18,20H,1-7,12-17H2,(H,24,28)(H,25,29). The number of piperidine rings is 1. The Morgan fingerprint density at radius 1 is 0.793 bits per heavy atom. The first kappa shape index (κ1) is 20.0. The summed E-state index contributed by atoms with van der Waals surface area (Å²) in [5.41, 5.74) is 2.07. The van der Waals surface area contributed by atoms with Crippen molar-refractivity contribution in [2.24, 2.45) is 5.92 Å². The minimum absolute atomic E-state index is 0.0454. The molecule has 4 rings (SSSR count). The Balaban J connectivity index is 1.21. The maximum atomic E-state index is 12.6. The Morgan fingerprint density at radius 3 is 2.10 bits per heavy atom. The van der Waals surface area contributed by atoms with Crippen LogP contribution >= 0.6 is 0 Å². The second kappa shape index (κ2) is 9.51. The molecule has 2 N–H and O–H groups in total. The molecule has 6 nitrogen and oxygen atoms in total. The number of hydrogen-bond acceptors (Lipinski definition) is 3. The van der Waals surface area contributed by atoms with E-state index in [0.29, 0.717) is 13.1 Å². The first-order valence-corrected chi connectivity index (χ1v) is 11.4. The van der Waals surface area contributed by atoms with Gasteiger partial charge in [0.05, 0.1) is 0 Å². The molecule has 0 radical (unpaired) electrons. The summed E-state index contributed by atoms with van der Waals surface area (Å²) in [6.07, 6.45) is 9.86. The van der Waals surface area contributed by atoms with E-state index in [-0.39, 0.29) is 23.9 Å². The van der Waals surface area contributed by atoms with Crippen molar-refractivity contribution in [3.63, 3.8) is 0 Å². The van der Waals surface area contributed by atoms with Gasteiger partial charge < -0.3 is 20.4 Å². The fourth-order valence-electron chi connectivity index (χ4n) is 4.84. The highest BCUT2D eigenvalue weighted by Crippen LogP contribution is 2.25. The molecule has 1 saturated carbocycles. The summed E-state index contributed by atoms with van der Waals surface area (Å²) in [5, 5.41) is 6.25. The van der Waals surface area contributed by atoms with E-state index in [9.17, 15) is 9.59 Å². The SMILES string of the molecule is O=C(NC1CCN(C(=O)Nc2ccc(N3CCCC3)cc2)CC1)C1CCCCC1. The van der Waals surface area contributed by atoms with Crippen molar-refractivity contribution in [3.8, 4) is 0 Å². The largest absolute Gasteiger partial charge is 0.372 e. The number of rotatable bonds is 4. The molecule has 1 aromatic carbocycles. The third kappa shape index (κ3) is 5.22. The molecular weight excluding hydrogens is 364 g/mol. The van der Waals surface area contributed by atoms with Gasteiger partial charge >= 0.3 is 6.03 Å². The van der Waals surface area contributed by atoms with Gasteiger partial charge in [0.15, 0.2) is 0 Å². The number of anilines is 2. The zero-order chi connectivity index (χ0) is 20.1. The molecule has 2 heterocycles. The fraction of sp³-hybridized carbons (Fsp3) is 0.652. The lowest BCUT2D eigenvalue weighted by Gasteiger charge is -2.33. The number of hydrogen-bond donors (Lipinski definition) is 2. The fourth-order valence-corrected chi connectivity index (χ4v) is 4.84. The average molecular weight is 399 g/mol. The zero-order valence-corrected chi connectivity index (χ0v) is 17.4. The molecule has 1 aliphatic carbocycles. The lowest BCUT2D eigenvalue weighted by molar-refractivity contribution is -0.126. The number of carbonyl (C=O) groups is 2. The predicted molar refractivity (Wildman–Crippen MR) is 116 cm³/mol. The highest BCUT2D eigenvalue weighted by molar-refractivity contribution is 5.89. The Kier molecular flexibility index (Phi) is 6.57. The Morgan fingerprint density at radius 2 is 1.45 bits per heavy atom. The molecule has 0 bridgehead atoms. The Bertz CT molecular complexity index is 685. The van der Waals surface area contributed by atoms with Crippen LogP contribution in [0.5, 0.6) is 0 Å². The van der Waals surface area contributed by atoms with Crippen LogP contribution in [-0.2, 0) is 4.79 Å². The molecule has 158 valence electrons. The van der Waals surface area contributed by atoms with Crippen molar-refractivity contribution < 1.29 is 9.59 Å².